The molecule has 76 valence electrons. The molecule has 9 heteroatoms. The molecule has 0 aliphatic heterocycles. The van der Waals surface area contributed by atoms with Crippen LogP contribution in [0.15, 0.2) is 4.13 Å². The molecule has 0 unspecified atom stereocenters. The summed E-state index contributed by atoms with van der Waals surface area (Å²) in [5.41, 5.74) is 0. The molecular weight excluding hydrogens is 232 g/mol. The van der Waals surface area contributed by atoms with Crippen LogP contribution in [0.3, 0.4) is 0 Å². The third-order valence-corrected chi connectivity index (χ3v) is 0.119. The third-order valence-electron chi connectivity index (χ3n) is 0.0289. The Balaban J connectivity index is -0.0000000143. The van der Waals surface area contributed by atoms with Crippen LogP contribution < -0.4 is 0 Å². The third kappa shape index (κ3) is 426. The van der Waals surface area contributed by atoms with Crippen LogP contribution in [0.1, 0.15) is 0 Å². The zero-order valence-electron chi connectivity index (χ0n) is 6.39. The Kier molecular flexibility index (Phi) is 30700. The van der Waals surface area contributed by atoms with E-state index in [4.69, 9.17) is 64.4 Å². The molecule has 0 aromatic carbocycles. The smallest absolute Gasteiger partial charge is 0.488 e. The molecule has 0 rings (SSSR count). The second-order valence-electron chi connectivity index (χ2n) is 0.146. The summed E-state index contributed by atoms with van der Waals surface area (Å²) in [5, 5.41) is 38.4. The Hall–Kier alpha value is -2.31. The summed E-state index contributed by atoms with van der Waals surface area (Å²) in [7, 11) is 0. The number of hydrogen-bond acceptors (Lipinski definition) is 8. The minimum Gasteiger partial charge on any atom is -0.512 e. The van der Waals surface area contributed by atoms with Crippen molar-refractivity contribution in [3.05, 3.63) is 32.9 Å². The minimum absolute atomic E-state index is 2.54. The van der Waals surface area contributed by atoms with Crippen LogP contribution in [0.25, 0.3) is 0 Å². The molecule has 1 N–H and O–H groups in total. The molecule has 0 bridgehead atoms. The predicted molar refractivity (Wildman–Crippen MR) is 31.0 cm³/mol. The Labute approximate surface area is 89.9 Å². The van der Waals surface area contributed by atoms with E-state index in [0.29, 0.717) is 0 Å². The van der Waals surface area contributed by atoms with Crippen molar-refractivity contribution in [3.8, 4) is 0 Å². The molecule has 0 radical (unpaired) electrons. The van der Waals surface area contributed by atoms with Crippen LogP contribution in [0.2, 0.25) is 0 Å². The second kappa shape index (κ2) is 10400. The monoisotopic (exact) mass is 233 g/mol. The Morgan fingerprint density at radius 2 is 0.857 bits per heavy atom. The van der Waals surface area contributed by atoms with Crippen LogP contribution in [0.5, 0.6) is 0 Å². The zero-order valence-corrected chi connectivity index (χ0v) is 7.50. The van der Waals surface area contributed by atoms with Crippen LogP contribution in [0.4, 0.5) is 0 Å². The van der Waals surface area contributed by atoms with E-state index in [1.165, 1.54) is 0 Å². The quantitative estimate of drug-likeness (QED) is 0.300. The van der Waals surface area contributed by atoms with E-state index in [9.17, 15) is 0 Å². The van der Waals surface area contributed by atoms with Crippen LogP contribution in [-0.2, 0) is 20.8 Å². The van der Waals surface area contributed by atoms with Gasteiger partial charge in [-0.15, -0.1) is 0 Å². The van der Waals surface area contributed by atoms with Gasteiger partial charge in [-0.1, -0.05) is 0 Å². The zero-order chi connectivity index (χ0) is 13.4. The molecule has 0 atom stereocenters. The summed E-state index contributed by atoms with van der Waals surface area (Å²) in [6.07, 6.45) is 0. The van der Waals surface area contributed by atoms with Gasteiger partial charge in [0.05, 0.1) is 0 Å². The Bertz CT molecular complexity index is 125. The summed E-state index contributed by atoms with van der Waals surface area (Å²) in [6.45, 7) is 23.8. The topological polar surface area (TPSA) is 161 Å². The second-order valence-corrected chi connectivity index (χ2v) is 0.348. The van der Waals surface area contributed by atoms with E-state index < -0.39 is 0 Å². The van der Waals surface area contributed by atoms with E-state index in [1.54, 1.807) is 0 Å². The number of nitrogens with zero attached hydrogens (tertiary/aromatic N) is 6. The van der Waals surface area contributed by atoms with Gasteiger partial charge in [0.1, 0.15) is 0 Å². The van der Waals surface area contributed by atoms with Crippen LogP contribution >= 0.6 is 0 Å². The Morgan fingerprint density at radius 3 is 0.857 bits per heavy atom. The molecule has 0 heterocycles. The molecular formula is C5HFeN6O2-5. The van der Waals surface area contributed by atoms with Gasteiger partial charge in [0, 0.05) is 0 Å². The first-order valence-electron chi connectivity index (χ1n) is 1.64. The normalized spacial score (nSPS) is 2.57. The van der Waals surface area contributed by atoms with Gasteiger partial charge in [-0.3, -0.25) is 0 Å². The van der Waals surface area contributed by atoms with Crippen molar-refractivity contribution < 1.29 is 26.1 Å². The summed E-state index contributed by atoms with van der Waals surface area (Å²) >= 11 is 2.76. The first kappa shape index (κ1) is 41.3. The molecule has 0 aliphatic rings. The molecule has 0 saturated carbocycles. The summed E-state index contributed by atoms with van der Waals surface area (Å²) in [5.74, 6) is 0. The first-order chi connectivity index (χ1) is 6.91. The maximum Gasteiger partial charge on any atom is -0.488 e. The summed E-state index contributed by atoms with van der Waals surface area (Å²) in [4.78, 5) is 3.06. The van der Waals surface area contributed by atoms with E-state index in [-0.39, 0.29) is 0 Å². The van der Waals surface area contributed by atoms with Gasteiger partial charge >= 0.3 is 30.2 Å². The van der Waals surface area contributed by atoms with Gasteiger partial charge in [-0.25, -0.2) is 0 Å². The predicted octanol–water partition coefficient (Wildman–Crippen LogP) is 0.603. The van der Waals surface area contributed by atoms with Gasteiger partial charge in [0.15, 0.2) is 0 Å². The molecule has 8 nitrogen and oxygen atoms in total. The van der Waals surface area contributed by atoms with Crippen LogP contribution in [0, 0.1) is 59.2 Å². The standard InChI is InChI=1S/5CN.Fe.HNO2/c5*1-2;;1-3-2/h;;;;;;2H/q5*-1;;. The average molecular weight is 233 g/mol. The van der Waals surface area contributed by atoms with E-state index in [0.717, 1.165) is 0 Å². The van der Waals surface area contributed by atoms with Crippen molar-refractivity contribution in [2.45, 2.75) is 0 Å². The molecule has 0 fully saturated rings. The fourth-order valence-corrected chi connectivity index (χ4v) is 0. The van der Waals surface area contributed by atoms with E-state index in [2.05, 4.69) is 24.9 Å². The SMILES string of the molecule is OO[N]=[Fe].[C-]#N.[C-]#N.[C-]#N.[C-]#N.[C-]#N. The van der Waals surface area contributed by atoms with Crippen molar-refractivity contribution in [2.24, 2.45) is 4.13 Å². The first-order valence-corrected chi connectivity index (χ1v) is 2.14. The molecule has 14 heavy (non-hydrogen) atoms. The van der Waals surface area contributed by atoms with E-state index >= 15 is 0 Å². The minimum atomic E-state index is 2.54. The van der Waals surface area contributed by atoms with Gasteiger partial charge in [-0.05, 0) is 0 Å². The Morgan fingerprint density at radius 1 is 0.786 bits per heavy atom. The number of hydrogen-bond donors (Lipinski definition) is 1. The average Bonchev–Trinajstić information content (AvgIpc) is 2.41. The molecule has 0 aromatic rings. The maximum absolute atomic E-state index is 7.15. The maximum atomic E-state index is 7.15. The van der Waals surface area contributed by atoms with Crippen molar-refractivity contribution >= 4 is 0 Å². The van der Waals surface area contributed by atoms with Crippen molar-refractivity contribution in [3.63, 3.8) is 0 Å². The molecule has 0 spiro atoms. The van der Waals surface area contributed by atoms with Gasteiger partial charge in [-0.2, -0.15) is 0 Å². The van der Waals surface area contributed by atoms with Gasteiger partial charge < -0.3 is 59.2 Å². The number of rotatable bonds is 1. The molecule has 0 amide bonds. The molecule has 0 aliphatic carbocycles. The van der Waals surface area contributed by atoms with Gasteiger partial charge in [0.2, 0.25) is 0 Å². The molecule has 0 saturated heterocycles. The summed E-state index contributed by atoms with van der Waals surface area (Å²) < 4.78 is 2.54. The van der Waals surface area contributed by atoms with Gasteiger partial charge in [0.25, 0.3) is 0 Å². The van der Waals surface area contributed by atoms with E-state index in [1.807, 2.05) is 0 Å². The van der Waals surface area contributed by atoms with Crippen molar-refractivity contribution in [1.82, 2.24) is 0 Å². The van der Waals surface area contributed by atoms with Crippen molar-refractivity contribution in [1.29, 1.82) is 26.3 Å². The fraction of sp³-hybridized carbons (Fsp3) is 0. The molecule has 0 aromatic heterocycles. The largest absolute Gasteiger partial charge is 0.512 e. The fourth-order valence-electron chi connectivity index (χ4n) is 0. The van der Waals surface area contributed by atoms with Crippen LogP contribution in [-0.4, -0.2) is 5.26 Å². The van der Waals surface area contributed by atoms with Crippen molar-refractivity contribution in [2.75, 3.05) is 0 Å². The summed E-state index contributed by atoms with van der Waals surface area (Å²) in [6, 6.07) is 0.